The number of carbonyl (C=O) groups is 4. The molecule has 14 nitrogen and oxygen atoms in total. The van der Waals surface area contributed by atoms with Gasteiger partial charge in [-0.25, -0.2) is 0 Å². The minimum atomic E-state index is -3.94. The van der Waals surface area contributed by atoms with Crippen LogP contribution >= 0.6 is 0 Å². The van der Waals surface area contributed by atoms with Gasteiger partial charge in [-0.1, -0.05) is 5.11 Å². The Morgan fingerprint density at radius 3 is 1.97 bits per heavy atom. The monoisotopic (exact) mass is 463 g/mol. The largest absolute Gasteiger partial charge is 0.376 e. The van der Waals surface area contributed by atoms with Crippen molar-refractivity contribution in [3.8, 4) is 0 Å². The van der Waals surface area contributed by atoms with Crippen molar-refractivity contribution in [1.82, 2.24) is 0 Å². The van der Waals surface area contributed by atoms with Crippen molar-refractivity contribution in [1.29, 1.82) is 0 Å². The van der Waals surface area contributed by atoms with Gasteiger partial charge in [-0.3, -0.25) is 23.4 Å². The van der Waals surface area contributed by atoms with Crippen molar-refractivity contribution in [3.63, 3.8) is 0 Å². The minimum Gasteiger partial charge on any atom is -0.376 e. The lowest BCUT2D eigenvalue weighted by Crippen LogP contribution is -3.00. The summed E-state index contributed by atoms with van der Waals surface area (Å²) in [5.74, 6) is -10.1. The summed E-state index contributed by atoms with van der Waals surface area (Å²) in [4.78, 5) is 49.0. The van der Waals surface area contributed by atoms with Crippen LogP contribution in [-0.4, -0.2) is 92.4 Å². The molecule has 2 aliphatic heterocycles. The molecule has 0 bridgehead atoms. The normalized spacial score (nSPS) is 43.7. The molecule has 0 radical (unpaired) electrons. The summed E-state index contributed by atoms with van der Waals surface area (Å²) < 4.78 is 17.5. The van der Waals surface area contributed by atoms with Crippen LogP contribution in [-0.2, 0) is 34.7 Å². The first-order valence-corrected chi connectivity index (χ1v) is 10.1. The number of rotatable bonds is 8. The van der Waals surface area contributed by atoms with Crippen LogP contribution in [0.15, 0.2) is 5.11 Å². The summed E-state index contributed by atoms with van der Waals surface area (Å²) in [6, 6.07) is 0. The fourth-order valence-electron chi connectivity index (χ4n) is 4.16. The quantitative estimate of drug-likeness (QED) is 0.106. The van der Waals surface area contributed by atoms with Crippen molar-refractivity contribution in [3.05, 3.63) is 10.4 Å². The molecule has 2 aliphatic rings. The zero-order valence-electron chi connectivity index (χ0n) is 16.6. The SMILES string of the molecule is CC(=O)[C@@]1(O)[C@@](O)(C(C)=O)[C@@](O)(C(=O)CCCN=[N+]=[N-])O[C@]2(C(C)=O)C(O)S(=O)[C@@]12O. The van der Waals surface area contributed by atoms with Gasteiger partial charge >= 0.3 is 0 Å². The van der Waals surface area contributed by atoms with Crippen LogP contribution in [0, 0.1) is 0 Å². The molecule has 0 aromatic rings. The van der Waals surface area contributed by atoms with Gasteiger partial charge < -0.3 is 30.3 Å². The minimum absolute atomic E-state index is 0.257. The average molecular weight is 463 g/mol. The van der Waals surface area contributed by atoms with Crippen LogP contribution in [0.4, 0.5) is 0 Å². The molecule has 31 heavy (non-hydrogen) atoms. The van der Waals surface area contributed by atoms with Crippen LogP contribution in [0.25, 0.3) is 10.4 Å². The highest BCUT2D eigenvalue weighted by Gasteiger charge is 2.95. The Labute approximate surface area is 176 Å². The van der Waals surface area contributed by atoms with E-state index in [-0.39, 0.29) is 13.0 Å². The number of fused-ring (bicyclic) bond motifs is 1. The molecule has 0 spiro atoms. The second-order valence-corrected chi connectivity index (χ2v) is 8.98. The van der Waals surface area contributed by atoms with Crippen molar-refractivity contribution in [2.24, 2.45) is 5.11 Å². The van der Waals surface area contributed by atoms with Crippen LogP contribution in [0.2, 0.25) is 0 Å². The number of carbonyl (C=O) groups excluding carboxylic acids is 4. The highest BCUT2D eigenvalue weighted by Crippen LogP contribution is 2.63. The Morgan fingerprint density at radius 1 is 1.03 bits per heavy atom. The van der Waals surface area contributed by atoms with Gasteiger partial charge in [0.2, 0.25) is 21.7 Å². The maximum Gasteiger partial charge on any atom is 0.268 e. The fraction of sp³-hybridized carbons (Fsp3) is 0.750. The molecule has 15 heteroatoms. The number of azide groups is 1. The second kappa shape index (κ2) is 7.50. The lowest BCUT2D eigenvalue weighted by molar-refractivity contribution is -0.413. The van der Waals surface area contributed by atoms with E-state index in [4.69, 9.17) is 10.3 Å². The number of ether oxygens (including phenoxy) is 1. The Hall–Kier alpha value is -2.10. The smallest absolute Gasteiger partial charge is 0.268 e. The molecule has 7 atom stereocenters. The maximum atomic E-state index is 12.9. The number of aliphatic hydroxyl groups excluding tert-OH is 1. The Morgan fingerprint density at radius 2 is 1.55 bits per heavy atom. The maximum absolute atomic E-state index is 12.9. The number of ketones is 4. The van der Waals surface area contributed by atoms with E-state index in [1.54, 1.807) is 0 Å². The number of nitrogens with zero attached hydrogens (tertiary/aromatic N) is 3. The first kappa shape index (κ1) is 25.2. The first-order chi connectivity index (χ1) is 14.1. The third-order valence-electron chi connectivity index (χ3n) is 5.80. The van der Waals surface area contributed by atoms with Gasteiger partial charge in [-0.15, -0.1) is 0 Å². The molecule has 2 unspecified atom stereocenters. The molecule has 0 aromatic carbocycles. The van der Waals surface area contributed by atoms with E-state index in [1.165, 1.54) is 0 Å². The molecule has 0 saturated carbocycles. The molecule has 0 amide bonds. The van der Waals surface area contributed by atoms with Crippen LogP contribution < -0.4 is 0 Å². The lowest BCUT2D eigenvalue weighted by Gasteiger charge is -2.69. The second-order valence-electron chi connectivity index (χ2n) is 7.35. The molecule has 2 saturated heterocycles. The summed E-state index contributed by atoms with van der Waals surface area (Å²) in [7, 11) is -3.08. The number of hydrogen-bond donors (Lipinski definition) is 5. The van der Waals surface area contributed by atoms with E-state index in [0.29, 0.717) is 20.8 Å². The third-order valence-corrected chi connectivity index (χ3v) is 7.72. The molecule has 2 rings (SSSR count). The Balaban J connectivity index is 2.86. The molecule has 0 aromatic heterocycles. The summed E-state index contributed by atoms with van der Waals surface area (Å²) in [5, 5.41) is 57.8. The average Bonchev–Trinajstić information content (AvgIpc) is 2.70. The third kappa shape index (κ3) is 2.54. The standard InChI is InChI=1S/C16H21N3O11S/c1-7(20)12-11(24)31(29)16(12,28)14(26,9(3)22)13(25,8(2)21)15(27,30-12)10(23)5-4-6-18-19-17/h11,24-28H,4-6H2,1-3H3/t11?,12-,13+,14-,15-,16-,31?/m1/s1. The molecular formula is C16H21N3O11S. The van der Waals surface area contributed by atoms with Crippen LogP contribution in [0.1, 0.15) is 33.6 Å². The van der Waals surface area contributed by atoms with E-state index >= 15 is 0 Å². The number of aliphatic hydroxyl groups is 5. The van der Waals surface area contributed by atoms with Crippen LogP contribution in [0.3, 0.4) is 0 Å². The number of Topliss-reactive ketones (excluding diaryl/α,β-unsaturated/α-hetero) is 4. The highest BCUT2D eigenvalue weighted by atomic mass is 32.2. The summed E-state index contributed by atoms with van der Waals surface area (Å²) in [5.41, 5.74) is -5.23. The van der Waals surface area contributed by atoms with E-state index in [2.05, 4.69) is 10.0 Å². The van der Waals surface area contributed by atoms with Crippen molar-refractivity contribution in [2.75, 3.05) is 6.54 Å². The highest BCUT2D eigenvalue weighted by molar-refractivity contribution is 7.88. The summed E-state index contributed by atoms with van der Waals surface area (Å²) in [6.07, 6.45) is -1.02. The molecule has 0 aliphatic carbocycles. The zero-order chi connectivity index (χ0) is 24.2. The predicted octanol–water partition coefficient (Wildman–Crippen LogP) is -2.90. The Bertz CT molecular complexity index is 951. The molecule has 172 valence electrons. The van der Waals surface area contributed by atoms with E-state index in [9.17, 15) is 48.9 Å². The van der Waals surface area contributed by atoms with E-state index in [0.717, 1.165) is 0 Å². The van der Waals surface area contributed by atoms with Crippen molar-refractivity contribution < 1.29 is 53.7 Å². The van der Waals surface area contributed by atoms with Gasteiger partial charge in [0.15, 0.2) is 28.6 Å². The van der Waals surface area contributed by atoms with Gasteiger partial charge in [0.1, 0.15) is 0 Å². The van der Waals surface area contributed by atoms with Gasteiger partial charge in [0.25, 0.3) is 5.79 Å². The topological polar surface area (TPSA) is 244 Å². The van der Waals surface area contributed by atoms with Gasteiger partial charge in [-0.2, -0.15) is 0 Å². The zero-order valence-corrected chi connectivity index (χ0v) is 17.5. The predicted molar refractivity (Wildman–Crippen MR) is 98.1 cm³/mol. The summed E-state index contributed by atoms with van der Waals surface area (Å²) >= 11 is 0. The first-order valence-electron chi connectivity index (χ1n) is 8.84. The molecule has 2 heterocycles. The van der Waals surface area contributed by atoms with Crippen LogP contribution in [0.5, 0.6) is 0 Å². The van der Waals surface area contributed by atoms with Crippen molar-refractivity contribution >= 4 is 33.9 Å². The van der Waals surface area contributed by atoms with E-state index < -0.39 is 73.3 Å². The summed E-state index contributed by atoms with van der Waals surface area (Å²) in [6.45, 7) is 1.48. The Kier molecular flexibility index (Phi) is 6.08. The molecule has 2 fully saturated rings. The van der Waals surface area contributed by atoms with Gasteiger partial charge in [0, 0.05) is 17.9 Å². The van der Waals surface area contributed by atoms with Gasteiger partial charge in [0.05, 0.1) is 10.8 Å². The van der Waals surface area contributed by atoms with Crippen molar-refractivity contribution in [2.45, 2.75) is 66.6 Å². The van der Waals surface area contributed by atoms with E-state index in [1.807, 2.05) is 0 Å². The molecule has 5 N–H and O–H groups in total. The number of hydrogen-bond acceptors (Lipinski definition) is 12. The fourth-order valence-corrected chi connectivity index (χ4v) is 6.16. The van der Waals surface area contributed by atoms with Gasteiger partial charge in [-0.05, 0) is 32.7 Å². The molecular weight excluding hydrogens is 442 g/mol. The lowest BCUT2D eigenvalue weighted by atomic mass is 9.59.